The van der Waals surface area contributed by atoms with Gasteiger partial charge in [0.25, 0.3) is 0 Å². The fraction of sp³-hybridized carbons (Fsp3) is 0.273. The van der Waals surface area contributed by atoms with Crippen molar-refractivity contribution in [2.75, 3.05) is 16.8 Å². The van der Waals surface area contributed by atoms with Crippen molar-refractivity contribution in [3.8, 4) is 0 Å². The Balaban J connectivity index is 1.81. The summed E-state index contributed by atoms with van der Waals surface area (Å²) >= 11 is 0. The number of anilines is 3. The molecule has 0 saturated carbocycles. The zero-order valence-corrected chi connectivity index (χ0v) is 15.7. The summed E-state index contributed by atoms with van der Waals surface area (Å²) in [7, 11) is 0. The average Bonchev–Trinajstić information content (AvgIpc) is 2.67. The lowest BCUT2D eigenvalue weighted by atomic mass is 10.1. The fourth-order valence-electron chi connectivity index (χ4n) is 2.86. The number of nitrogens with one attached hydrogen (secondary N) is 1. The topological polar surface area (TPSA) is 41.1 Å². The van der Waals surface area contributed by atoms with E-state index < -0.39 is 0 Å². The zero-order valence-electron chi connectivity index (χ0n) is 15.7. The number of benzene rings is 2. The van der Waals surface area contributed by atoms with Gasteiger partial charge >= 0.3 is 0 Å². The zero-order chi connectivity index (χ0) is 18.4. The first-order valence-corrected chi connectivity index (χ1v) is 9.18. The van der Waals surface area contributed by atoms with Crippen LogP contribution in [0.25, 0.3) is 0 Å². The third kappa shape index (κ3) is 4.60. The average molecular weight is 346 g/mol. The fourth-order valence-corrected chi connectivity index (χ4v) is 2.86. The lowest BCUT2D eigenvalue weighted by Crippen LogP contribution is -2.24. The van der Waals surface area contributed by atoms with Crippen LogP contribution in [0.2, 0.25) is 0 Å². The summed E-state index contributed by atoms with van der Waals surface area (Å²) in [6.07, 6.45) is 1.04. The summed E-state index contributed by atoms with van der Waals surface area (Å²) < 4.78 is 0. The minimum Gasteiger partial charge on any atom is -0.340 e. The Hall–Kier alpha value is -2.88. The second-order valence-corrected chi connectivity index (χ2v) is 6.37. The highest BCUT2D eigenvalue weighted by Crippen LogP contribution is 2.20. The normalized spacial score (nSPS) is 10.6. The van der Waals surface area contributed by atoms with Crippen LogP contribution in [0.5, 0.6) is 0 Å². The van der Waals surface area contributed by atoms with E-state index in [0.717, 1.165) is 42.7 Å². The van der Waals surface area contributed by atoms with Crippen molar-refractivity contribution in [2.24, 2.45) is 0 Å². The van der Waals surface area contributed by atoms with E-state index in [-0.39, 0.29) is 0 Å². The number of aromatic nitrogens is 2. The first kappa shape index (κ1) is 17.9. The smallest absolute Gasteiger partial charge is 0.227 e. The van der Waals surface area contributed by atoms with Crippen LogP contribution in [-0.2, 0) is 13.0 Å². The summed E-state index contributed by atoms with van der Waals surface area (Å²) in [6.45, 7) is 7.95. The Kier molecular flexibility index (Phi) is 5.84. The van der Waals surface area contributed by atoms with Gasteiger partial charge in [-0.25, -0.2) is 4.98 Å². The SMILES string of the molecule is CCc1ccc(Nc2cc(C)nc(N(CC)Cc3ccccc3)n2)cc1. The van der Waals surface area contributed by atoms with Gasteiger partial charge in [-0.2, -0.15) is 4.98 Å². The van der Waals surface area contributed by atoms with Crippen molar-refractivity contribution < 1.29 is 0 Å². The Bertz CT molecular complexity index is 829. The van der Waals surface area contributed by atoms with E-state index in [9.17, 15) is 0 Å². The molecule has 0 amide bonds. The van der Waals surface area contributed by atoms with E-state index in [0.29, 0.717) is 0 Å². The minimum atomic E-state index is 0.754. The summed E-state index contributed by atoms with van der Waals surface area (Å²) in [6, 6.07) is 20.9. The highest BCUT2D eigenvalue weighted by molar-refractivity contribution is 5.58. The first-order valence-electron chi connectivity index (χ1n) is 9.18. The number of hydrogen-bond donors (Lipinski definition) is 1. The Labute approximate surface area is 155 Å². The molecule has 0 spiro atoms. The Morgan fingerprint density at radius 1 is 0.885 bits per heavy atom. The molecule has 0 aliphatic rings. The van der Waals surface area contributed by atoms with Crippen LogP contribution < -0.4 is 10.2 Å². The molecule has 4 heteroatoms. The van der Waals surface area contributed by atoms with Gasteiger partial charge in [-0.15, -0.1) is 0 Å². The summed E-state index contributed by atoms with van der Waals surface area (Å²) in [4.78, 5) is 11.6. The summed E-state index contributed by atoms with van der Waals surface area (Å²) in [5, 5.41) is 3.40. The van der Waals surface area contributed by atoms with Gasteiger partial charge in [-0.05, 0) is 43.5 Å². The van der Waals surface area contributed by atoms with Crippen LogP contribution in [0, 0.1) is 6.92 Å². The molecule has 3 aromatic rings. The highest BCUT2D eigenvalue weighted by Gasteiger charge is 2.11. The van der Waals surface area contributed by atoms with Crippen LogP contribution in [0.3, 0.4) is 0 Å². The van der Waals surface area contributed by atoms with E-state index in [1.165, 1.54) is 11.1 Å². The molecule has 1 N–H and O–H groups in total. The van der Waals surface area contributed by atoms with Crippen molar-refractivity contribution in [2.45, 2.75) is 33.7 Å². The van der Waals surface area contributed by atoms with Crippen molar-refractivity contribution in [3.05, 3.63) is 77.5 Å². The van der Waals surface area contributed by atoms with Crippen molar-refractivity contribution in [1.29, 1.82) is 0 Å². The standard InChI is InChI=1S/C22H26N4/c1-4-18-11-13-20(14-12-18)24-21-15-17(3)23-22(25-21)26(5-2)16-19-9-7-6-8-10-19/h6-15H,4-5,16H2,1-3H3,(H,23,24,25). The summed E-state index contributed by atoms with van der Waals surface area (Å²) in [5.41, 5.74) is 4.57. The van der Waals surface area contributed by atoms with E-state index >= 15 is 0 Å². The van der Waals surface area contributed by atoms with Crippen LogP contribution in [0.4, 0.5) is 17.5 Å². The number of nitrogens with zero attached hydrogens (tertiary/aromatic N) is 3. The minimum absolute atomic E-state index is 0.754. The van der Waals surface area contributed by atoms with Crippen LogP contribution in [-0.4, -0.2) is 16.5 Å². The third-order valence-electron chi connectivity index (χ3n) is 4.36. The van der Waals surface area contributed by atoms with Crippen LogP contribution in [0.1, 0.15) is 30.7 Å². The second kappa shape index (κ2) is 8.48. The maximum Gasteiger partial charge on any atom is 0.227 e. The Morgan fingerprint density at radius 3 is 2.27 bits per heavy atom. The monoisotopic (exact) mass is 346 g/mol. The molecule has 0 unspecified atom stereocenters. The molecule has 0 aliphatic heterocycles. The van der Waals surface area contributed by atoms with Gasteiger partial charge in [0.05, 0.1) is 0 Å². The van der Waals surface area contributed by atoms with Gasteiger partial charge < -0.3 is 10.2 Å². The maximum absolute atomic E-state index is 4.74. The predicted molar refractivity (Wildman–Crippen MR) is 109 cm³/mol. The first-order chi connectivity index (χ1) is 12.7. The van der Waals surface area contributed by atoms with E-state index in [4.69, 9.17) is 4.98 Å². The number of hydrogen-bond acceptors (Lipinski definition) is 4. The van der Waals surface area contributed by atoms with Crippen molar-refractivity contribution in [3.63, 3.8) is 0 Å². The lowest BCUT2D eigenvalue weighted by molar-refractivity contribution is 0.788. The summed E-state index contributed by atoms with van der Waals surface area (Å²) in [5.74, 6) is 1.58. The lowest BCUT2D eigenvalue weighted by Gasteiger charge is -2.22. The Morgan fingerprint density at radius 2 is 1.62 bits per heavy atom. The molecule has 0 saturated heterocycles. The molecule has 0 aliphatic carbocycles. The van der Waals surface area contributed by atoms with Gasteiger partial charge in [0.1, 0.15) is 5.82 Å². The molecule has 0 fully saturated rings. The van der Waals surface area contributed by atoms with Crippen molar-refractivity contribution in [1.82, 2.24) is 9.97 Å². The molecule has 3 rings (SSSR count). The molecule has 134 valence electrons. The van der Waals surface area contributed by atoms with Gasteiger partial charge in [0.15, 0.2) is 0 Å². The quantitative estimate of drug-likeness (QED) is 0.645. The largest absolute Gasteiger partial charge is 0.340 e. The maximum atomic E-state index is 4.74. The molecule has 0 bridgehead atoms. The molecule has 26 heavy (non-hydrogen) atoms. The molecule has 2 aromatic carbocycles. The predicted octanol–water partition coefficient (Wildman–Crippen LogP) is 5.12. The van der Waals surface area contributed by atoms with E-state index in [2.05, 4.69) is 77.6 Å². The van der Waals surface area contributed by atoms with Gasteiger partial charge in [-0.3, -0.25) is 0 Å². The molecule has 0 radical (unpaired) electrons. The van der Waals surface area contributed by atoms with Crippen molar-refractivity contribution >= 4 is 17.5 Å². The number of aryl methyl sites for hydroxylation is 2. The third-order valence-corrected chi connectivity index (χ3v) is 4.36. The van der Waals surface area contributed by atoms with Gasteiger partial charge in [0, 0.05) is 30.5 Å². The molecular formula is C22H26N4. The molecule has 4 nitrogen and oxygen atoms in total. The van der Waals surface area contributed by atoms with E-state index in [1.54, 1.807) is 0 Å². The van der Waals surface area contributed by atoms with Gasteiger partial charge in [-0.1, -0.05) is 49.4 Å². The number of rotatable bonds is 7. The molecular weight excluding hydrogens is 320 g/mol. The molecule has 1 heterocycles. The van der Waals surface area contributed by atoms with Crippen LogP contribution >= 0.6 is 0 Å². The van der Waals surface area contributed by atoms with Gasteiger partial charge in [0.2, 0.25) is 5.95 Å². The second-order valence-electron chi connectivity index (χ2n) is 6.37. The highest BCUT2D eigenvalue weighted by atomic mass is 15.3. The van der Waals surface area contributed by atoms with Crippen LogP contribution in [0.15, 0.2) is 60.7 Å². The molecule has 0 atom stereocenters. The van der Waals surface area contributed by atoms with E-state index in [1.807, 2.05) is 19.1 Å². The molecule has 1 aromatic heterocycles.